The third kappa shape index (κ3) is 4.66. The number of benzene rings is 2. The summed E-state index contributed by atoms with van der Waals surface area (Å²) in [5, 5.41) is 10.7. The molecule has 1 N–H and O–H groups in total. The first-order chi connectivity index (χ1) is 20.6. The standard InChI is InChI=1S/C34H39N3O6/c1-5-42-24-16-14-23(15-17-24)35-19-9-13-26-27(30(35)39)28-31(40)37(25(21-38)22-11-7-6-8-12-22)29-32(41)36(33(2,3)4)20-10-18-34(28,29)43-26/h6-18,25-29,38H,5,19-21H2,1-4H3/t25-,26+,27-,28+,29?,34+/m1/s1. The normalized spacial score (nSPS) is 29.2. The zero-order valence-corrected chi connectivity index (χ0v) is 25.1. The molecular weight excluding hydrogens is 546 g/mol. The highest BCUT2D eigenvalue weighted by Crippen LogP contribution is 2.55. The maximum Gasteiger partial charge on any atom is 0.249 e. The van der Waals surface area contributed by atoms with E-state index in [1.54, 1.807) is 9.80 Å². The number of ether oxygens (including phenoxy) is 2. The summed E-state index contributed by atoms with van der Waals surface area (Å²) in [7, 11) is 0. The van der Waals surface area contributed by atoms with Crippen molar-refractivity contribution >= 4 is 23.4 Å². The molecule has 0 radical (unpaired) electrons. The number of aliphatic hydroxyl groups excluding tert-OH is 1. The molecule has 9 heteroatoms. The molecule has 0 aromatic heterocycles. The van der Waals surface area contributed by atoms with Gasteiger partial charge in [0.1, 0.15) is 17.4 Å². The van der Waals surface area contributed by atoms with E-state index in [0.717, 1.165) is 0 Å². The first-order valence-corrected chi connectivity index (χ1v) is 15.0. The molecule has 43 heavy (non-hydrogen) atoms. The van der Waals surface area contributed by atoms with Gasteiger partial charge in [-0.2, -0.15) is 0 Å². The van der Waals surface area contributed by atoms with Crippen LogP contribution in [0.2, 0.25) is 0 Å². The van der Waals surface area contributed by atoms with Gasteiger partial charge in [0.2, 0.25) is 17.7 Å². The minimum absolute atomic E-state index is 0.243. The molecule has 0 saturated carbocycles. The molecule has 2 fully saturated rings. The van der Waals surface area contributed by atoms with Gasteiger partial charge in [0.15, 0.2) is 0 Å². The Morgan fingerprint density at radius 1 is 0.977 bits per heavy atom. The van der Waals surface area contributed by atoms with Crippen LogP contribution in [0.1, 0.15) is 39.3 Å². The fourth-order valence-corrected chi connectivity index (χ4v) is 7.17. The predicted molar refractivity (Wildman–Crippen MR) is 161 cm³/mol. The van der Waals surface area contributed by atoms with Gasteiger partial charge in [-0.1, -0.05) is 54.6 Å². The monoisotopic (exact) mass is 585 g/mol. The van der Waals surface area contributed by atoms with Gasteiger partial charge in [-0.25, -0.2) is 0 Å². The van der Waals surface area contributed by atoms with Crippen molar-refractivity contribution in [3.63, 3.8) is 0 Å². The highest BCUT2D eigenvalue weighted by molar-refractivity contribution is 6.04. The van der Waals surface area contributed by atoms with Crippen LogP contribution in [0.25, 0.3) is 0 Å². The number of likely N-dealkylation sites (tertiary alicyclic amines) is 1. The first kappa shape index (κ1) is 29.1. The third-order valence-electron chi connectivity index (χ3n) is 9.06. The lowest BCUT2D eigenvalue weighted by molar-refractivity contribution is -0.153. The van der Waals surface area contributed by atoms with Crippen LogP contribution in [0.5, 0.6) is 5.75 Å². The summed E-state index contributed by atoms with van der Waals surface area (Å²) in [5.74, 6) is -1.99. The number of rotatable bonds is 6. The van der Waals surface area contributed by atoms with Crippen molar-refractivity contribution in [1.29, 1.82) is 0 Å². The summed E-state index contributed by atoms with van der Waals surface area (Å²) in [6, 6.07) is 14.7. The second kappa shape index (κ2) is 11.0. The fraction of sp³-hybridized carbons (Fsp3) is 0.441. The lowest BCUT2D eigenvalue weighted by atomic mass is 9.77. The van der Waals surface area contributed by atoms with Crippen molar-refractivity contribution in [3.8, 4) is 5.75 Å². The zero-order valence-electron chi connectivity index (χ0n) is 25.1. The van der Waals surface area contributed by atoms with Gasteiger partial charge in [-0.3, -0.25) is 14.4 Å². The molecule has 4 aliphatic heterocycles. The molecule has 0 aliphatic carbocycles. The molecule has 2 aromatic rings. The SMILES string of the molecule is CCOc1ccc(N2CC=C[C@@H]3O[C@]45C=CCN(C(C)(C)C)C(=O)C4N([C@H](CO)c4ccccc4)C(=O)[C@@H]5[C@@H]3C2=O)cc1. The van der Waals surface area contributed by atoms with Gasteiger partial charge < -0.3 is 29.3 Å². The van der Waals surface area contributed by atoms with Crippen LogP contribution in [0, 0.1) is 11.8 Å². The van der Waals surface area contributed by atoms with Crippen LogP contribution in [0.15, 0.2) is 78.9 Å². The number of hydrogen-bond donors (Lipinski definition) is 1. The van der Waals surface area contributed by atoms with Crippen LogP contribution in [0.3, 0.4) is 0 Å². The molecule has 0 bridgehead atoms. The molecule has 2 saturated heterocycles. The Labute approximate surface area is 252 Å². The molecule has 1 spiro atoms. The Hall–Kier alpha value is -3.95. The average Bonchev–Trinajstić information content (AvgIpc) is 3.29. The van der Waals surface area contributed by atoms with Gasteiger partial charge in [0.25, 0.3) is 0 Å². The summed E-state index contributed by atoms with van der Waals surface area (Å²) in [6.07, 6.45) is 6.76. The van der Waals surface area contributed by atoms with E-state index in [2.05, 4.69) is 0 Å². The molecule has 4 aliphatic rings. The lowest BCUT2D eigenvalue weighted by Crippen LogP contribution is -2.59. The smallest absolute Gasteiger partial charge is 0.249 e. The van der Waals surface area contributed by atoms with Gasteiger partial charge in [-0.15, -0.1) is 0 Å². The third-order valence-corrected chi connectivity index (χ3v) is 9.06. The van der Waals surface area contributed by atoms with E-state index in [-0.39, 0.29) is 24.3 Å². The largest absolute Gasteiger partial charge is 0.494 e. The molecule has 226 valence electrons. The topological polar surface area (TPSA) is 99.6 Å². The number of aliphatic hydroxyl groups is 1. The van der Waals surface area contributed by atoms with Crippen molar-refractivity contribution in [2.45, 2.75) is 57.0 Å². The van der Waals surface area contributed by atoms with Gasteiger partial charge >= 0.3 is 0 Å². The number of carbonyl (C=O) groups excluding carboxylic acids is 3. The molecule has 6 rings (SSSR count). The number of nitrogens with zero attached hydrogens (tertiary/aromatic N) is 3. The van der Waals surface area contributed by atoms with Crippen LogP contribution < -0.4 is 9.64 Å². The number of hydrogen-bond acceptors (Lipinski definition) is 6. The van der Waals surface area contributed by atoms with Crippen LogP contribution in [-0.4, -0.2) is 82.2 Å². The molecule has 9 nitrogen and oxygen atoms in total. The fourth-order valence-electron chi connectivity index (χ4n) is 7.17. The first-order valence-electron chi connectivity index (χ1n) is 15.0. The number of carbonyl (C=O) groups is 3. The Bertz CT molecular complexity index is 1450. The molecular formula is C34H39N3O6. The molecule has 4 heterocycles. The van der Waals surface area contributed by atoms with E-state index >= 15 is 0 Å². The highest BCUT2D eigenvalue weighted by Gasteiger charge is 2.73. The maximum absolute atomic E-state index is 14.7. The number of anilines is 1. The van der Waals surface area contributed by atoms with Crippen LogP contribution >= 0.6 is 0 Å². The van der Waals surface area contributed by atoms with Crippen molar-refractivity contribution in [3.05, 3.63) is 84.5 Å². The van der Waals surface area contributed by atoms with E-state index in [1.165, 1.54) is 4.90 Å². The van der Waals surface area contributed by atoms with E-state index in [4.69, 9.17) is 9.47 Å². The van der Waals surface area contributed by atoms with Crippen molar-refractivity contribution in [2.75, 3.05) is 31.2 Å². The van der Waals surface area contributed by atoms with Crippen molar-refractivity contribution in [1.82, 2.24) is 9.80 Å². The van der Waals surface area contributed by atoms with Crippen LogP contribution in [-0.2, 0) is 19.1 Å². The predicted octanol–water partition coefficient (Wildman–Crippen LogP) is 3.50. The second-order valence-electron chi connectivity index (χ2n) is 12.5. The minimum atomic E-state index is -1.38. The van der Waals surface area contributed by atoms with Gasteiger partial charge in [0.05, 0.1) is 37.2 Å². The molecule has 2 aromatic carbocycles. The van der Waals surface area contributed by atoms with E-state index in [9.17, 15) is 19.5 Å². The Balaban J connectivity index is 1.46. The summed E-state index contributed by atoms with van der Waals surface area (Å²) in [5.41, 5.74) is -0.531. The molecule has 6 atom stereocenters. The van der Waals surface area contributed by atoms with Crippen molar-refractivity contribution < 1.29 is 29.0 Å². The summed E-state index contributed by atoms with van der Waals surface area (Å²) in [6.45, 7) is 8.58. The number of fused-ring (bicyclic) bond motifs is 2. The summed E-state index contributed by atoms with van der Waals surface area (Å²) < 4.78 is 12.4. The maximum atomic E-state index is 14.7. The Morgan fingerprint density at radius 3 is 2.35 bits per heavy atom. The Kier molecular flexibility index (Phi) is 7.42. The average molecular weight is 586 g/mol. The van der Waals surface area contributed by atoms with Gasteiger partial charge in [-0.05, 0) is 57.5 Å². The lowest BCUT2D eigenvalue weighted by Gasteiger charge is -2.42. The summed E-state index contributed by atoms with van der Waals surface area (Å²) >= 11 is 0. The number of amides is 3. The van der Waals surface area contributed by atoms with E-state index < -0.39 is 41.2 Å². The van der Waals surface area contributed by atoms with E-state index in [1.807, 2.05) is 107 Å². The zero-order chi connectivity index (χ0) is 30.5. The summed E-state index contributed by atoms with van der Waals surface area (Å²) in [4.78, 5) is 48.6. The molecule has 1 unspecified atom stereocenters. The highest BCUT2D eigenvalue weighted by atomic mass is 16.5. The van der Waals surface area contributed by atoms with Crippen molar-refractivity contribution in [2.24, 2.45) is 11.8 Å². The molecule has 3 amide bonds. The second-order valence-corrected chi connectivity index (χ2v) is 12.5. The Morgan fingerprint density at radius 2 is 1.70 bits per heavy atom. The minimum Gasteiger partial charge on any atom is -0.494 e. The van der Waals surface area contributed by atoms with Crippen LogP contribution in [0.4, 0.5) is 5.69 Å². The van der Waals surface area contributed by atoms with Gasteiger partial charge in [0, 0.05) is 24.3 Å². The quantitative estimate of drug-likeness (QED) is 0.521. The van der Waals surface area contributed by atoms with E-state index in [0.29, 0.717) is 36.7 Å².